The zero-order chi connectivity index (χ0) is 20.4. The minimum absolute atomic E-state index is 0.0364. The molecule has 2 fully saturated rings. The number of hydrogen-bond acceptors (Lipinski definition) is 4. The molecule has 1 aromatic heterocycles. The van der Waals surface area contributed by atoms with Crippen molar-refractivity contribution in [2.75, 3.05) is 31.5 Å². The number of halogens is 1. The predicted octanol–water partition coefficient (Wildman–Crippen LogP) is 3.74. The predicted molar refractivity (Wildman–Crippen MR) is 114 cm³/mol. The van der Waals surface area contributed by atoms with Gasteiger partial charge in [0.25, 0.3) is 11.8 Å². The third kappa shape index (κ3) is 4.62. The van der Waals surface area contributed by atoms with Gasteiger partial charge in [0.15, 0.2) is 0 Å². The van der Waals surface area contributed by atoms with Gasteiger partial charge in [-0.1, -0.05) is 23.7 Å². The van der Waals surface area contributed by atoms with E-state index in [4.69, 9.17) is 11.6 Å². The van der Waals surface area contributed by atoms with Crippen LogP contribution in [0.15, 0.2) is 36.4 Å². The van der Waals surface area contributed by atoms with E-state index in [2.05, 4.69) is 5.32 Å². The average molecular weight is 432 g/mol. The molecule has 8 heteroatoms. The Kier molecular flexibility index (Phi) is 5.87. The summed E-state index contributed by atoms with van der Waals surface area (Å²) < 4.78 is 0. The fraction of sp³-hybridized carbons (Fsp3) is 0.381. The second kappa shape index (κ2) is 8.55. The number of nitrogens with zero attached hydrogens (tertiary/aromatic N) is 2. The molecule has 29 heavy (non-hydrogen) atoms. The van der Waals surface area contributed by atoms with Gasteiger partial charge in [-0.2, -0.15) is 0 Å². The second-order valence-electron chi connectivity index (χ2n) is 7.35. The number of rotatable bonds is 4. The fourth-order valence-corrected chi connectivity index (χ4v) is 4.47. The SMILES string of the molecule is O=C(Nc1ccc(C(=O)N2CCCN(C(=O)c3ccccc3Cl)CC2)s1)C1CC1. The Bertz CT molecular complexity index is 941. The summed E-state index contributed by atoms with van der Waals surface area (Å²) in [6.07, 6.45) is 2.60. The third-order valence-corrected chi connectivity index (χ3v) is 6.50. The third-order valence-electron chi connectivity index (χ3n) is 5.19. The maximum atomic E-state index is 12.9. The minimum Gasteiger partial charge on any atom is -0.337 e. The number of amides is 3. The number of carbonyl (C=O) groups excluding carboxylic acids is 3. The van der Waals surface area contributed by atoms with E-state index in [0.717, 1.165) is 12.8 Å². The summed E-state index contributed by atoms with van der Waals surface area (Å²) in [4.78, 5) is 41.7. The molecule has 1 aromatic carbocycles. The Morgan fingerprint density at radius 2 is 1.62 bits per heavy atom. The van der Waals surface area contributed by atoms with Crippen molar-refractivity contribution in [2.24, 2.45) is 5.92 Å². The van der Waals surface area contributed by atoms with Gasteiger partial charge in [-0.25, -0.2) is 0 Å². The first-order valence-corrected chi connectivity index (χ1v) is 11.0. The van der Waals surface area contributed by atoms with Crippen LogP contribution in [-0.2, 0) is 4.79 Å². The first-order valence-electron chi connectivity index (χ1n) is 9.76. The number of nitrogens with one attached hydrogen (secondary N) is 1. The smallest absolute Gasteiger partial charge is 0.264 e. The minimum atomic E-state index is -0.105. The van der Waals surface area contributed by atoms with Crippen molar-refractivity contribution >= 4 is 45.7 Å². The normalized spacial score (nSPS) is 17.0. The summed E-state index contributed by atoms with van der Waals surface area (Å²) in [5, 5.41) is 4.03. The Labute approximate surface area is 178 Å². The molecule has 3 amide bonds. The van der Waals surface area contributed by atoms with Gasteiger partial charge in [-0.05, 0) is 43.5 Å². The van der Waals surface area contributed by atoms with Crippen molar-refractivity contribution in [1.82, 2.24) is 9.80 Å². The van der Waals surface area contributed by atoms with Crippen LogP contribution in [0.2, 0.25) is 5.02 Å². The summed E-state index contributed by atoms with van der Waals surface area (Å²) in [6.45, 7) is 2.11. The number of benzene rings is 1. The lowest BCUT2D eigenvalue weighted by molar-refractivity contribution is -0.117. The highest BCUT2D eigenvalue weighted by molar-refractivity contribution is 7.18. The monoisotopic (exact) mass is 431 g/mol. The van der Waals surface area contributed by atoms with Gasteiger partial charge in [0.1, 0.15) is 0 Å². The molecule has 1 saturated carbocycles. The molecule has 0 bridgehead atoms. The summed E-state index contributed by atoms with van der Waals surface area (Å²) in [7, 11) is 0. The maximum absolute atomic E-state index is 12.9. The lowest BCUT2D eigenvalue weighted by atomic mass is 10.2. The van der Waals surface area contributed by atoms with Gasteiger partial charge in [0.2, 0.25) is 5.91 Å². The summed E-state index contributed by atoms with van der Waals surface area (Å²) in [5.74, 6) is -0.00194. The first kappa shape index (κ1) is 19.9. The van der Waals surface area contributed by atoms with Gasteiger partial charge >= 0.3 is 0 Å². The molecule has 1 aliphatic carbocycles. The van der Waals surface area contributed by atoms with Crippen molar-refractivity contribution in [3.05, 3.63) is 51.9 Å². The van der Waals surface area contributed by atoms with Crippen LogP contribution in [-0.4, -0.2) is 53.7 Å². The van der Waals surface area contributed by atoms with Crippen LogP contribution in [0.3, 0.4) is 0 Å². The molecule has 1 N–H and O–H groups in total. The van der Waals surface area contributed by atoms with Crippen molar-refractivity contribution in [3.8, 4) is 0 Å². The van der Waals surface area contributed by atoms with E-state index in [0.29, 0.717) is 53.1 Å². The highest BCUT2D eigenvalue weighted by atomic mass is 35.5. The number of thiophene rings is 1. The Morgan fingerprint density at radius 1 is 0.931 bits per heavy atom. The maximum Gasteiger partial charge on any atom is 0.264 e. The molecule has 2 heterocycles. The van der Waals surface area contributed by atoms with E-state index in [9.17, 15) is 14.4 Å². The fourth-order valence-electron chi connectivity index (χ4n) is 3.37. The summed E-state index contributed by atoms with van der Waals surface area (Å²) in [6, 6.07) is 10.6. The molecule has 0 radical (unpaired) electrons. The molecule has 152 valence electrons. The summed E-state index contributed by atoms with van der Waals surface area (Å²) in [5.41, 5.74) is 0.489. The lowest BCUT2D eigenvalue weighted by Crippen LogP contribution is -2.37. The molecular formula is C21H22ClN3O3S. The van der Waals surface area contributed by atoms with Crippen LogP contribution in [0, 0.1) is 5.92 Å². The number of anilines is 1. The molecule has 2 aromatic rings. The molecule has 0 unspecified atom stereocenters. The van der Waals surface area contributed by atoms with Crippen molar-refractivity contribution in [2.45, 2.75) is 19.3 Å². The van der Waals surface area contributed by atoms with Crippen molar-refractivity contribution < 1.29 is 14.4 Å². The number of hydrogen-bond donors (Lipinski definition) is 1. The Hall–Kier alpha value is -2.38. The van der Waals surface area contributed by atoms with Gasteiger partial charge < -0.3 is 15.1 Å². The second-order valence-corrected chi connectivity index (χ2v) is 8.84. The van der Waals surface area contributed by atoms with Gasteiger partial charge in [0.05, 0.1) is 20.5 Å². The molecule has 6 nitrogen and oxygen atoms in total. The van der Waals surface area contributed by atoms with Crippen LogP contribution >= 0.6 is 22.9 Å². The van der Waals surface area contributed by atoms with Gasteiger partial charge in [0, 0.05) is 32.1 Å². The van der Waals surface area contributed by atoms with Crippen LogP contribution in [0.25, 0.3) is 0 Å². The van der Waals surface area contributed by atoms with E-state index in [1.165, 1.54) is 11.3 Å². The quantitative estimate of drug-likeness (QED) is 0.801. The van der Waals surface area contributed by atoms with E-state index >= 15 is 0 Å². The first-order chi connectivity index (χ1) is 14.0. The largest absolute Gasteiger partial charge is 0.337 e. The molecular weight excluding hydrogens is 410 g/mol. The van der Waals surface area contributed by atoms with Crippen LogP contribution < -0.4 is 5.32 Å². The highest BCUT2D eigenvalue weighted by Crippen LogP contribution is 2.32. The highest BCUT2D eigenvalue weighted by Gasteiger charge is 2.30. The van der Waals surface area contributed by atoms with Gasteiger partial charge in [-0.3, -0.25) is 14.4 Å². The molecule has 0 spiro atoms. The molecule has 1 aliphatic heterocycles. The zero-order valence-corrected chi connectivity index (χ0v) is 17.5. The standard InChI is InChI=1S/C21H22ClN3O3S/c22-16-5-2-1-4-15(16)20(27)24-10-3-11-25(13-12-24)21(28)17-8-9-18(29-17)23-19(26)14-6-7-14/h1-2,4-5,8-9,14H,3,6-7,10-13H2,(H,23,26). The number of carbonyl (C=O) groups is 3. The van der Waals surface area contributed by atoms with E-state index in [-0.39, 0.29) is 23.6 Å². The average Bonchev–Trinajstić information content (AvgIpc) is 3.51. The van der Waals surface area contributed by atoms with Gasteiger partial charge in [-0.15, -0.1) is 11.3 Å². The Balaban J connectivity index is 1.37. The molecule has 0 atom stereocenters. The molecule has 4 rings (SSSR count). The summed E-state index contributed by atoms with van der Waals surface area (Å²) >= 11 is 7.46. The van der Waals surface area contributed by atoms with E-state index < -0.39 is 0 Å². The van der Waals surface area contributed by atoms with E-state index in [1.54, 1.807) is 46.2 Å². The van der Waals surface area contributed by atoms with Crippen LogP contribution in [0.4, 0.5) is 5.00 Å². The van der Waals surface area contributed by atoms with Crippen molar-refractivity contribution in [1.29, 1.82) is 0 Å². The lowest BCUT2D eigenvalue weighted by Gasteiger charge is -2.22. The van der Waals surface area contributed by atoms with Crippen molar-refractivity contribution in [3.63, 3.8) is 0 Å². The molecule has 2 aliphatic rings. The molecule has 1 saturated heterocycles. The van der Waals surface area contributed by atoms with E-state index in [1.807, 2.05) is 0 Å². The topological polar surface area (TPSA) is 69.7 Å². The Morgan fingerprint density at radius 3 is 2.31 bits per heavy atom. The zero-order valence-electron chi connectivity index (χ0n) is 15.9. The van der Waals surface area contributed by atoms with Crippen LogP contribution in [0.5, 0.6) is 0 Å². The van der Waals surface area contributed by atoms with Crippen LogP contribution in [0.1, 0.15) is 39.3 Å².